The van der Waals surface area contributed by atoms with E-state index in [0.717, 1.165) is 0 Å². The first-order chi connectivity index (χ1) is 9.67. The molecule has 0 saturated carbocycles. The van der Waals surface area contributed by atoms with Crippen LogP contribution in [-0.4, -0.2) is 24.5 Å². The van der Waals surface area contributed by atoms with E-state index in [1.807, 2.05) is 6.07 Å². The van der Waals surface area contributed by atoms with Gasteiger partial charge in [0.05, 0.1) is 24.0 Å². The average Bonchev–Trinajstić information content (AvgIpc) is 2.47. The number of carboxylic acids is 1. The molecule has 5 nitrogen and oxygen atoms in total. The van der Waals surface area contributed by atoms with Crippen molar-refractivity contribution in [2.45, 2.75) is 0 Å². The van der Waals surface area contributed by atoms with Gasteiger partial charge in [-0.15, -0.1) is 0 Å². The minimum absolute atomic E-state index is 0.0617. The molecule has 0 fully saturated rings. The van der Waals surface area contributed by atoms with Crippen molar-refractivity contribution in [3.05, 3.63) is 53.6 Å². The van der Waals surface area contributed by atoms with Crippen LogP contribution in [0.1, 0.15) is 20.7 Å². The summed E-state index contributed by atoms with van der Waals surface area (Å²) < 4.78 is 5.19. The van der Waals surface area contributed by atoms with Crippen LogP contribution in [0.4, 0.5) is 11.4 Å². The first-order valence-electron chi connectivity index (χ1n) is 5.89. The van der Waals surface area contributed by atoms with Gasteiger partial charge in [-0.05, 0) is 18.2 Å². The zero-order valence-electron chi connectivity index (χ0n) is 10.8. The summed E-state index contributed by atoms with van der Waals surface area (Å²) in [6.07, 6.45) is 0.525. The lowest BCUT2D eigenvalue weighted by Gasteiger charge is -2.13. The van der Waals surface area contributed by atoms with Crippen LogP contribution in [0.15, 0.2) is 42.5 Å². The summed E-state index contributed by atoms with van der Waals surface area (Å²) in [6.45, 7) is 0. The third-order valence-corrected chi connectivity index (χ3v) is 2.81. The van der Waals surface area contributed by atoms with E-state index in [0.29, 0.717) is 23.4 Å². The number of ether oxygens (including phenoxy) is 1. The molecule has 0 aromatic heterocycles. The normalized spacial score (nSPS) is 9.85. The molecule has 0 radical (unpaired) electrons. The molecular weight excluding hydrogens is 258 g/mol. The van der Waals surface area contributed by atoms with E-state index < -0.39 is 5.97 Å². The van der Waals surface area contributed by atoms with Crippen LogP contribution in [0.25, 0.3) is 0 Å². The second-order valence-electron chi connectivity index (χ2n) is 4.02. The Morgan fingerprint density at radius 1 is 1.15 bits per heavy atom. The number of hydrogen-bond acceptors (Lipinski definition) is 4. The first kappa shape index (κ1) is 13.6. The summed E-state index contributed by atoms with van der Waals surface area (Å²) in [4.78, 5) is 22.3. The van der Waals surface area contributed by atoms with Crippen LogP contribution >= 0.6 is 0 Å². The lowest BCUT2D eigenvalue weighted by atomic mass is 10.1. The number of benzene rings is 2. The van der Waals surface area contributed by atoms with Gasteiger partial charge in [-0.3, -0.25) is 4.79 Å². The molecule has 2 aromatic rings. The van der Waals surface area contributed by atoms with Crippen LogP contribution < -0.4 is 10.1 Å². The second kappa shape index (κ2) is 5.88. The third kappa shape index (κ3) is 2.61. The van der Waals surface area contributed by atoms with Crippen molar-refractivity contribution in [2.75, 3.05) is 12.4 Å². The molecule has 0 aliphatic carbocycles. The van der Waals surface area contributed by atoms with Crippen molar-refractivity contribution >= 4 is 23.6 Å². The number of para-hydroxylation sites is 2. The molecule has 0 bridgehead atoms. The summed E-state index contributed by atoms with van der Waals surface area (Å²) in [5, 5.41) is 12.2. The Labute approximate surface area is 115 Å². The highest BCUT2D eigenvalue weighted by molar-refractivity contribution is 6.03. The highest BCUT2D eigenvalue weighted by Crippen LogP contribution is 2.29. The largest absolute Gasteiger partial charge is 0.495 e. The van der Waals surface area contributed by atoms with E-state index in [1.165, 1.54) is 13.2 Å². The number of methoxy groups -OCH3 is 1. The van der Waals surface area contributed by atoms with Gasteiger partial charge in [-0.25, -0.2) is 4.79 Å². The molecule has 102 valence electrons. The molecule has 2 aromatic carbocycles. The monoisotopic (exact) mass is 271 g/mol. The number of rotatable bonds is 5. The fraction of sp³-hybridized carbons (Fsp3) is 0.0667. The zero-order valence-corrected chi connectivity index (χ0v) is 10.8. The topological polar surface area (TPSA) is 75.6 Å². The Morgan fingerprint density at radius 2 is 1.85 bits per heavy atom. The van der Waals surface area contributed by atoms with E-state index in [1.54, 1.807) is 30.3 Å². The molecular formula is C15H13NO4. The van der Waals surface area contributed by atoms with Gasteiger partial charge in [0.15, 0.2) is 6.29 Å². The average molecular weight is 271 g/mol. The standard InChI is InChI=1S/C15H13NO4/c1-20-13-8-3-2-6-11(13)16-12-7-4-5-10(9-17)14(12)15(18)19/h2-9,16H,1H3,(H,18,19). The van der Waals surface area contributed by atoms with E-state index in [2.05, 4.69) is 5.32 Å². The van der Waals surface area contributed by atoms with Gasteiger partial charge in [0.1, 0.15) is 5.75 Å². The second-order valence-corrected chi connectivity index (χ2v) is 4.02. The zero-order chi connectivity index (χ0) is 14.5. The van der Waals surface area contributed by atoms with Crippen LogP contribution in [-0.2, 0) is 0 Å². The molecule has 0 aliphatic rings. The Hall–Kier alpha value is -2.82. The Kier molecular flexibility index (Phi) is 4.00. The molecule has 0 saturated heterocycles. The summed E-state index contributed by atoms with van der Waals surface area (Å²) in [7, 11) is 1.53. The van der Waals surface area contributed by atoms with Gasteiger partial charge >= 0.3 is 5.97 Å². The van der Waals surface area contributed by atoms with Crippen molar-refractivity contribution in [1.29, 1.82) is 0 Å². The lowest BCUT2D eigenvalue weighted by Crippen LogP contribution is -2.07. The molecule has 2 rings (SSSR count). The van der Waals surface area contributed by atoms with Gasteiger partial charge in [0.25, 0.3) is 0 Å². The van der Waals surface area contributed by atoms with Gasteiger partial charge in [-0.2, -0.15) is 0 Å². The molecule has 0 heterocycles. The highest BCUT2D eigenvalue weighted by atomic mass is 16.5. The molecule has 2 N–H and O–H groups in total. The molecule has 5 heteroatoms. The maximum absolute atomic E-state index is 11.3. The van der Waals surface area contributed by atoms with E-state index >= 15 is 0 Å². The molecule has 20 heavy (non-hydrogen) atoms. The third-order valence-electron chi connectivity index (χ3n) is 2.81. The molecule has 0 amide bonds. The van der Waals surface area contributed by atoms with Gasteiger partial charge in [0.2, 0.25) is 0 Å². The maximum Gasteiger partial charge on any atom is 0.338 e. The fourth-order valence-electron chi connectivity index (χ4n) is 1.90. The van der Waals surface area contributed by atoms with Gasteiger partial charge in [0, 0.05) is 5.56 Å². The van der Waals surface area contributed by atoms with Crippen molar-refractivity contribution in [1.82, 2.24) is 0 Å². The van der Waals surface area contributed by atoms with Crippen LogP contribution in [0.3, 0.4) is 0 Å². The minimum Gasteiger partial charge on any atom is -0.495 e. The Morgan fingerprint density at radius 3 is 2.50 bits per heavy atom. The molecule has 0 aliphatic heterocycles. The summed E-state index contributed by atoms with van der Waals surface area (Å²) in [6, 6.07) is 11.8. The molecule has 0 unspecified atom stereocenters. The quantitative estimate of drug-likeness (QED) is 0.818. The van der Waals surface area contributed by atoms with Crippen molar-refractivity contribution in [3.8, 4) is 5.75 Å². The molecule has 0 atom stereocenters. The van der Waals surface area contributed by atoms with Crippen molar-refractivity contribution in [3.63, 3.8) is 0 Å². The lowest BCUT2D eigenvalue weighted by molar-refractivity contribution is 0.0695. The first-order valence-corrected chi connectivity index (χ1v) is 5.89. The summed E-state index contributed by atoms with van der Waals surface area (Å²) in [5.74, 6) is -0.578. The summed E-state index contributed by atoms with van der Waals surface area (Å²) >= 11 is 0. The number of nitrogens with one attached hydrogen (secondary N) is 1. The predicted molar refractivity (Wildman–Crippen MR) is 75.1 cm³/mol. The Balaban J connectivity index is 2.48. The fourth-order valence-corrected chi connectivity index (χ4v) is 1.90. The smallest absolute Gasteiger partial charge is 0.338 e. The predicted octanol–water partition coefficient (Wildman–Crippen LogP) is 2.95. The molecule has 0 spiro atoms. The SMILES string of the molecule is COc1ccccc1Nc1cccc(C=O)c1C(=O)O. The number of carbonyl (C=O) groups is 2. The number of carboxylic acid groups (broad SMARTS) is 1. The van der Waals surface area contributed by atoms with Crippen LogP contribution in [0, 0.1) is 0 Å². The van der Waals surface area contributed by atoms with Crippen molar-refractivity contribution < 1.29 is 19.4 Å². The number of aromatic carboxylic acids is 1. The minimum atomic E-state index is -1.16. The van der Waals surface area contributed by atoms with Crippen molar-refractivity contribution in [2.24, 2.45) is 0 Å². The number of hydrogen-bond donors (Lipinski definition) is 2. The number of aldehydes is 1. The Bertz CT molecular complexity index is 652. The van der Waals surface area contributed by atoms with E-state index in [9.17, 15) is 14.7 Å². The number of carbonyl (C=O) groups excluding carboxylic acids is 1. The van der Waals surface area contributed by atoms with Gasteiger partial charge in [-0.1, -0.05) is 24.3 Å². The summed E-state index contributed by atoms with van der Waals surface area (Å²) in [5.41, 5.74) is 1.03. The van der Waals surface area contributed by atoms with E-state index in [-0.39, 0.29) is 11.1 Å². The highest BCUT2D eigenvalue weighted by Gasteiger charge is 2.16. The van der Waals surface area contributed by atoms with E-state index in [4.69, 9.17) is 4.74 Å². The van der Waals surface area contributed by atoms with Crippen LogP contribution in [0.2, 0.25) is 0 Å². The number of anilines is 2. The maximum atomic E-state index is 11.3. The van der Waals surface area contributed by atoms with Gasteiger partial charge < -0.3 is 15.2 Å². The van der Waals surface area contributed by atoms with Crippen LogP contribution in [0.5, 0.6) is 5.75 Å².